The Morgan fingerprint density at radius 1 is 0.926 bits per heavy atom. The van der Waals surface area contributed by atoms with E-state index in [1.54, 1.807) is 0 Å². The van der Waals surface area contributed by atoms with Gasteiger partial charge in [0.1, 0.15) is 11.6 Å². The van der Waals surface area contributed by atoms with Gasteiger partial charge in [0.25, 0.3) is 0 Å². The van der Waals surface area contributed by atoms with Crippen LogP contribution in [-0.4, -0.2) is 24.8 Å². The summed E-state index contributed by atoms with van der Waals surface area (Å²) in [6.07, 6.45) is -6.07. The van der Waals surface area contributed by atoms with Crippen LogP contribution in [0.5, 0.6) is 5.75 Å². The zero-order valence-electron chi connectivity index (χ0n) is 13.4. The lowest BCUT2D eigenvalue weighted by molar-refractivity contribution is -0.275. The lowest BCUT2D eigenvalue weighted by Crippen LogP contribution is -2.27. The highest BCUT2D eigenvalue weighted by molar-refractivity contribution is 7.81. The van der Waals surface area contributed by atoms with Crippen molar-refractivity contribution >= 4 is 12.6 Å². The average Bonchev–Trinajstić information content (AvgIpc) is 2.56. The third-order valence-corrected chi connectivity index (χ3v) is 3.96. The number of hydrogen-bond acceptors (Lipinski definition) is 4. The number of ether oxygens (including phenoxy) is 3. The largest absolute Gasteiger partial charge is 0.573 e. The number of rotatable bonds is 3. The van der Waals surface area contributed by atoms with Gasteiger partial charge in [-0.1, -0.05) is 6.07 Å². The molecule has 1 aliphatic heterocycles. The van der Waals surface area contributed by atoms with Crippen LogP contribution in [0.3, 0.4) is 0 Å². The summed E-state index contributed by atoms with van der Waals surface area (Å²) in [6, 6.07) is 4.04. The van der Waals surface area contributed by atoms with Gasteiger partial charge in [-0.05, 0) is 29.8 Å². The van der Waals surface area contributed by atoms with Crippen molar-refractivity contribution in [2.45, 2.75) is 17.9 Å². The Hall–Kier alpha value is -1.91. The minimum absolute atomic E-state index is 0.0754. The second-order valence-corrected chi connectivity index (χ2v) is 6.44. The highest BCUT2D eigenvalue weighted by Crippen LogP contribution is 2.34. The Bertz CT molecular complexity index is 811. The molecule has 10 heteroatoms. The molecule has 0 spiro atoms. The van der Waals surface area contributed by atoms with Crippen molar-refractivity contribution in [3.8, 4) is 16.9 Å². The number of alkyl halides is 3. The van der Waals surface area contributed by atoms with Gasteiger partial charge in [-0.15, -0.1) is 13.2 Å². The molecule has 1 fully saturated rings. The molecule has 3 nitrogen and oxygen atoms in total. The molecule has 0 radical (unpaired) electrons. The Morgan fingerprint density at radius 2 is 1.52 bits per heavy atom. The Morgan fingerprint density at radius 3 is 2.04 bits per heavy atom. The van der Waals surface area contributed by atoms with Crippen molar-refractivity contribution in [3.63, 3.8) is 0 Å². The van der Waals surface area contributed by atoms with Gasteiger partial charge < -0.3 is 14.2 Å². The Balaban J connectivity index is 1.90. The highest BCUT2D eigenvalue weighted by atomic mass is 32.1. The van der Waals surface area contributed by atoms with Crippen LogP contribution < -0.4 is 4.74 Å². The molecular weight excluding hydrogens is 398 g/mol. The first kappa shape index (κ1) is 19.8. The van der Waals surface area contributed by atoms with Crippen LogP contribution in [0.25, 0.3) is 11.1 Å². The summed E-state index contributed by atoms with van der Waals surface area (Å²) in [5.41, 5.74) is -0.810. The van der Waals surface area contributed by atoms with Gasteiger partial charge in [-0.3, -0.25) is 0 Å². The molecule has 3 rings (SSSR count). The summed E-state index contributed by atoms with van der Waals surface area (Å²) in [5, 5.41) is -0.157. The van der Waals surface area contributed by atoms with Crippen LogP contribution >= 0.6 is 12.6 Å². The molecule has 1 saturated heterocycles. The number of benzene rings is 2. The molecule has 0 aromatic heterocycles. The van der Waals surface area contributed by atoms with E-state index in [0.29, 0.717) is 12.1 Å². The van der Waals surface area contributed by atoms with E-state index in [2.05, 4.69) is 17.4 Å². The predicted molar refractivity (Wildman–Crippen MR) is 85.9 cm³/mol. The normalized spacial score (nSPS) is 20.6. The summed E-state index contributed by atoms with van der Waals surface area (Å²) in [4.78, 5) is 0. The van der Waals surface area contributed by atoms with Gasteiger partial charge >= 0.3 is 6.36 Å². The summed E-state index contributed by atoms with van der Waals surface area (Å²) in [6.45, 7) is 0.454. The molecule has 1 heterocycles. The molecule has 146 valence electrons. The summed E-state index contributed by atoms with van der Waals surface area (Å²) >= 11 is 4.15. The van der Waals surface area contributed by atoms with Crippen LogP contribution in [0.4, 0.5) is 26.3 Å². The number of halogens is 6. The number of hydrogen-bond donors (Lipinski definition) is 1. The average molecular weight is 410 g/mol. The summed E-state index contributed by atoms with van der Waals surface area (Å²) < 4.78 is 93.3. The van der Waals surface area contributed by atoms with Gasteiger partial charge in [0.05, 0.1) is 18.8 Å². The first-order valence-electron chi connectivity index (χ1n) is 7.60. The van der Waals surface area contributed by atoms with Gasteiger partial charge in [0.2, 0.25) is 0 Å². The SMILES string of the molecule is Fc1cc(-c2c(F)cc(C3OCC(S)CO3)cc2F)ccc1OC(F)(F)F. The van der Waals surface area contributed by atoms with Gasteiger partial charge in [-0.2, -0.15) is 12.6 Å². The third-order valence-electron chi connectivity index (χ3n) is 3.66. The zero-order valence-corrected chi connectivity index (χ0v) is 14.3. The maximum absolute atomic E-state index is 14.4. The first-order valence-corrected chi connectivity index (χ1v) is 8.11. The smallest absolute Gasteiger partial charge is 0.403 e. The fourth-order valence-electron chi connectivity index (χ4n) is 2.55. The van der Waals surface area contributed by atoms with E-state index in [0.717, 1.165) is 18.2 Å². The van der Waals surface area contributed by atoms with Crippen LogP contribution in [0.1, 0.15) is 11.9 Å². The van der Waals surface area contributed by atoms with Gasteiger partial charge in [-0.25, -0.2) is 13.2 Å². The predicted octanol–water partition coefficient (Wildman–Crippen LogP) is 5.01. The van der Waals surface area contributed by atoms with Crippen LogP contribution in [-0.2, 0) is 9.47 Å². The fraction of sp³-hybridized carbons (Fsp3) is 0.294. The topological polar surface area (TPSA) is 27.7 Å². The molecule has 0 atom stereocenters. The molecule has 0 aliphatic carbocycles. The summed E-state index contributed by atoms with van der Waals surface area (Å²) in [7, 11) is 0. The van der Waals surface area contributed by atoms with Crippen molar-refractivity contribution < 1.29 is 40.6 Å². The van der Waals surface area contributed by atoms with Crippen molar-refractivity contribution in [2.75, 3.05) is 13.2 Å². The maximum Gasteiger partial charge on any atom is 0.573 e. The monoisotopic (exact) mass is 410 g/mol. The maximum atomic E-state index is 14.4. The number of thiol groups is 1. The molecular formula is C17H12F6O3S. The van der Waals surface area contributed by atoms with E-state index in [1.807, 2.05) is 0 Å². The molecule has 2 aromatic rings. The minimum atomic E-state index is -5.09. The van der Waals surface area contributed by atoms with Crippen molar-refractivity contribution in [1.82, 2.24) is 0 Å². The molecule has 0 N–H and O–H groups in total. The molecule has 2 aromatic carbocycles. The van der Waals surface area contributed by atoms with Gasteiger partial charge in [0, 0.05) is 10.8 Å². The molecule has 0 saturated carbocycles. The molecule has 27 heavy (non-hydrogen) atoms. The molecule has 1 aliphatic rings. The highest BCUT2D eigenvalue weighted by Gasteiger charge is 2.32. The lowest BCUT2D eigenvalue weighted by Gasteiger charge is -2.27. The standard InChI is InChI=1S/C17H12F6O3S/c18-11-3-8(1-2-14(11)26-17(21,22)23)15-12(19)4-9(5-13(15)20)16-24-6-10(27)7-25-16/h1-5,10,16,27H,6-7H2. The van der Waals surface area contributed by atoms with E-state index in [4.69, 9.17) is 9.47 Å². The Kier molecular flexibility index (Phi) is 5.59. The Labute approximate surface area is 155 Å². The molecule has 0 unspecified atom stereocenters. The van der Waals surface area contributed by atoms with E-state index in [-0.39, 0.29) is 29.6 Å². The first-order chi connectivity index (χ1) is 12.6. The van der Waals surface area contributed by atoms with E-state index in [9.17, 15) is 26.3 Å². The van der Waals surface area contributed by atoms with Crippen LogP contribution in [0.15, 0.2) is 30.3 Å². The molecule has 0 amide bonds. The van der Waals surface area contributed by atoms with E-state index >= 15 is 0 Å². The third kappa shape index (κ3) is 4.69. The second-order valence-electron chi connectivity index (χ2n) is 5.70. The van der Waals surface area contributed by atoms with Crippen LogP contribution in [0.2, 0.25) is 0 Å². The van der Waals surface area contributed by atoms with Crippen LogP contribution in [0, 0.1) is 17.5 Å². The fourth-order valence-corrected chi connectivity index (χ4v) is 2.73. The van der Waals surface area contributed by atoms with Crippen molar-refractivity contribution in [2.24, 2.45) is 0 Å². The van der Waals surface area contributed by atoms with E-state index < -0.39 is 41.4 Å². The lowest BCUT2D eigenvalue weighted by atomic mass is 10.0. The minimum Gasteiger partial charge on any atom is -0.403 e. The molecule has 0 bridgehead atoms. The van der Waals surface area contributed by atoms with Gasteiger partial charge in [0.15, 0.2) is 17.9 Å². The zero-order chi connectivity index (χ0) is 19.8. The van der Waals surface area contributed by atoms with Crippen molar-refractivity contribution in [3.05, 3.63) is 53.3 Å². The second kappa shape index (κ2) is 7.61. The summed E-state index contributed by atoms with van der Waals surface area (Å²) in [5.74, 6) is -4.61. The van der Waals surface area contributed by atoms with Crippen molar-refractivity contribution in [1.29, 1.82) is 0 Å². The quantitative estimate of drug-likeness (QED) is 0.569. The van der Waals surface area contributed by atoms with E-state index in [1.165, 1.54) is 0 Å².